The Morgan fingerprint density at radius 2 is 1.62 bits per heavy atom. The van der Waals surface area contributed by atoms with Gasteiger partial charge in [0, 0.05) is 12.4 Å². The van der Waals surface area contributed by atoms with Crippen molar-refractivity contribution in [1.29, 1.82) is 0 Å². The lowest BCUT2D eigenvalue weighted by molar-refractivity contribution is 0.742. The van der Waals surface area contributed by atoms with Crippen LogP contribution in [0.1, 0.15) is 5.56 Å². The molecule has 1 aromatic heterocycles. The number of benzene rings is 2. The highest BCUT2D eigenvalue weighted by atomic mass is 35.5. The van der Waals surface area contributed by atoms with Crippen molar-refractivity contribution >= 4 is 28.3 Å². The van der Waals surface area contributed by atoms with E-state index in [0.29, 0.717) is 18.1 Å². The van der Waals surface area contributed by atoms with Crippen LogP contribution in [-0.2, 0) is 6.54 Å². The van der Waals surface area contributed by atoms with Crippen LogP contribution in [0.5, 0.6) is 0 Å². The zero-order valence-electron chi connectivity index (χ0n) is 11.5. The van der Waals surface area contributed by atoms with Crippen LogP contribution in [0.3, 0.4) is 0 Å². The third-order valence-corrected chi connectivity index (χ3v) is 3.69. The van der Waals surface area contributed by atoms with Crippen molar-refractivity contribution in [3.05, 3.63) is 77.2 Å². The fourth-order valence-corrected chi connectivity index (χ4v) is 2.70. The molecule has 0 saturated heterocycles. The van der Waals surface area contributed by atoms with E-state index in [0.717, 1.165) is 16.6 Å². The summed E-state index contributed by atoms with van der Waals surface area (Å²) in [5.74, 6) is 0.395. The van der Waals surface area contributed by atoms with Gasteiger partial charge in [-0.2, -0.15) is 0 Å². The maximum atomic E-state index is 12.7. The first-order chi connectivity index (χ1) is 10.2. The van der Waals surface area contributed by atoms with E-state index in [-0.39, 0.29) is 5.69 Å². The highest BCUT2D eigenvalue weighted by molar-refractivity contribution is 6.17. The molecule has 0 spiro atoms. The van der Waals surface area contributed by atoms with E-state index < -0.39 is 0 Å². The van der Waals surface area contributed by atoms with Crippen molar-refractivity contribution in [2.45, 2.75) is 6.54 Å². The summed E-state index contributed by atoms with van der Waals surface area (Å²) in [7, 11) is 0. The number of aromatic nitrogens is 2. The Bertz CT molecular complexity index is 846. The van der Waals surface area contributed by atoms with Crippen molar-refractivity contribution in [2.24, 2.45) is 0 Å². The minimum atomic E-state index is -0.106. The average molecular weight is 299 g/mol. The van der Waals surface area contributed by atoms with Crippen molar-refractivity contribution < 1.29 is 0 Å². The molecule has 0 fully saturated rings. The molecule has 21 heavy (non-hydrogen) atoms. The molecule has 0 saturated carbocycles. The van der Waals surface area contributed by atoms with E-state index in [1.54, 1.807) is 9.13 Å². The number of hydrogen-bond acceptors (Lipinski definition) is 1. The lowest BCUT2D eigenvalue weighted by Gasteiger charge is -2.07. The van der Waals surface area contributed by atoms with Gasteiger partial charge in [-0.25, -0.2) is 4.79 Å². The number of nitrogens with zero attached hydrogens (tertiary/aromatic N) is 2. The van der Waals surface area contributed by atoms with Crippen LogP contribution in [0.2, 0.25) is 0 Å². The Labute approximate surface area is 127 Å². The number of alkyl halides is 1. The Morgan fingerprint density at radius 1 is 1.00 bits per heavy atom. The summed E-state index contributed by atoms with van der Waals surface area (Å²) >= 11 is 5.82. The fourth-order valence-electron chi connectivity index (χ4n) is 2.53. The van der Waals surface area contributed by atoms with E-state index >= 15 is 0 Å². The van der Waals surface area contributed by atoms with Crippen LogP contribution < -0.4 is 5.69 Å². The standard InChI is InChI=1S/C17H15ClN2O/c1-13(14-7-3-2-4-8-14)20-16-10-6-5-9-15(16)19(12-11-18)17(20)21/h2-10H,1,11-12H2. The SMILES string of the molecule is C=C(c1ccccc1)n1c(=O)n(CCCl)c2ccccc21. The van der Waals surface area contributed by atoms with Gasteiger partial charge in [0.1, 0.15) is 0 Å². The first kappa shape index (κ1) is 13.7. The average Bonchev–Trinajstić information content (AvgIpc) is 2.81. The monoisotopic (exact) mass is 298 g/mol. The van der Waals surface area contributed by atoms with E-state index in [1.165, 1.54) is 0 Å². The van der Waals surface area contributed by atoms with Gasteiger partial charge in [-0.3, -0.25) is 9.13 Å². The molecule has 0 amide bonds. The Morgan fingerprint density at radius 3 is 2.29 bits per heavy atom. The van der Waals surface area contributed by atoms with Gasteiger partial charge >= 0.3 is 5.69 Å². The van der Waals surface area contributed by atoms with Crippen LogP contribution in [0.25, 0.3) is 16.7 Å². The van der Waals surface area contributed by atoms with Crippen molar-refractivity contribution in [3.8, 4) is 0 Å². The number of hydrogen-bond donors (Lipinski definition) is 0. The number of halogens is 1. The Balaban J connectivity index is 2.26. The van der Waals surface area contributed by atoms with E-state index in [9.17, 15) is 4.79 Å². The number of aryl methyl sites for hydroxylation is 1. The predicted octanol–water partition coefficient (Wildman–Crippen LogP) is 3.56. The molecule has 2 aromatic carbocycles. The lowest BCUT2D eigenvalue weighted by Crippen LogP contribution is -2.24. The first-order valence-electron chi connectivity index (χ1n) is 6.75. The molecule has 1 heterocycles. The molecule has 0 bridgehead atoms. The van der Waals surface area contributed by atoms with E-state index in [2.05, 4.69) is 6.58 Å². The highest BCUT2D eigenvalue weighted by Gasteiger charge is 2.15. The summed E-state index contributed by atoms with van der Waals surface area (Å²) in [5, 5.41) is 0. The second-order valence-electron chi connectivity index (χ2n) is 4.76. The van der Waals surface area contributed by atoms with Crippen molar-refractivity contribution in [1.82, 2.24) is 9.13 Å². The van der Waals surface area contributed by atoms with Crippen LogP contribution in [0.4, 0.5) is 0 Å². The number of para-hydroxylation sites is 2. The summed E-state index contributed by atoms with van der Waals surface area (Å²) in [4.78, 5) is 12.7. The van der Waals surface area contributed by atoms with Gasteiger partial charge in [0.2, 0.25) is 0 Å². The van der Waals surface area contributed by atoms with Crippen LogP contribution in [-0.4, -0.2) is 15.0 Å². The molecule has 3 aromatic rings. The first-order valence-corrected chi connectivity index (χ1v) is 7.28. The molecule has 0 aliphatic rings. The van der Waals surface area contributed by atoms with E-state index in [1.807, 2.05) is 54.6 Å². The van der Waals surface area contributed by atoms with Gasteiger partial charge < -0.3 is 0 Å². The quantitative estimate of drug-likeness (QED) is 0.677. The summed E-state index contributed by atoms with van der Waals surface area (Å²) in [5.41, 5.74) is 3.21. The smallest absolute Gasteiger partial charge is 0.290 e. The summed E-state index contributed by atoms with van der Waals surface area (Å²) < 4.78 is 3.34. The van der Waals surface area contributed by atoms with Crippen molar-refractivity contribution in [3.63, 3.8) is 0 Å². The molecule has 3 nitrogen and oxygen atoms in total. The number of rotatable bonds is 4. The largest absolute Gasteiger partial charge is 0.333 e. The Hall–Kier alpha value is -2.26. The van der Waals surface area contributed by atoms with Gasteiger partial charge in [-0.1, -0.05) is 49.0 Å². The zero-order valence-corrected chi connectivity index (χ0v) is 12.3. The number of imidazole rings is 1. The van der Waals surface area contributed by atoms with Gasteiger partial charge in [0.15, 0.2) is 0 Å². The normalized spacial score (nSPS) is 10.9. The molecule has 0 unspecified atom stereocenters. The molecule has 0 aliphatic carbocycles. The van der Waals surface area contributed by atoms with Crippen LogP contribution in [0, 0.1) is 0 Å². The van der Waals surface area contributed by atoms with Gasteiger partial charge in [0.25, 0.3) is 0 Å². The molecule has 3 rings (SSSR count). The minimum Gasteiger partial charge on any atom is -0.290 e. The second kappa shape index (κ2) is 5.62. The maximum absolute atomic E-state index is 12.7. The molecule has 0 N–H and O–H groups in total. The van der Waals surface area contributed by atoms with Gasteiger partial charge in [-0.05, 0) is 17.7 Å². The predicted molar refractivity (Wildman–Crippen MR) is 87.8 cm³/mol. The third-order valence-electron chi connectivity index (χ3n) is 3.52. The van der Waals surface area contributed by atoms with Crippen molar-refractivity contribution in [2.75, 3.05) is 5.88 Å². The molecular weight excluding hydrogens is 284 g/mol. The molecule has 0 radical (unpaired) electrons. The molecule has 106 valence electrons. The molecule has 0 aliphatic heterocycles. The van der Waals surface area contributed by atoms with Crippen LogP contribution >= 0.6 is 11.6 Å². The topological polar surface area (TPSA) is 26.9 Å². The summed E-state index contributed by atoms with van der Waals surface area (Å²) in [6.07, 6.45) is 0. The fraction of sp³-hybridized carbons (Fsp3) is 0.118. The summed E-state index contributed by atoms with van der Waals surface area (Å²) in [6, 6.07) is 17.4. The highest BCUT2D eigenvalue weighted by Crippen LogP contribution is 2.20. The molecular formula is C17H15ClN2O. The number of fused-ring (bicyclic) bond motifs is 1. The molecule has 4 heteroatoms. The minimum absolute atomic E-state index is 0.106. The Kier molecular flexibility index (Phi) is 3.67. The van der Waals surface area contributed by atoms with Gasteiger partial charge in [0.05, 0.1) is 16.7 Å². The third kappa shape index (κ3) is 2.30. The van der Waals surface area contributed by atoms with Gasteiger partial charge in [-0.15, -0.1) is 11.6 Å². The second-order valence-corrected chi connectivity index (χ2v) is 5.14. The van der Waals surface area contributed by atoms with E-state index in [4.69, 9.17) is 11.6 Å². The maximum Gasteiger partial charge on any atom is 0.333 e. The zero-order chi connectivity index (χ0) is 14.8. The summed E-state index contributed by atoms with van der Waals surface area (Å²) in [6.45, 7) is 4.58. The molecule has 0 atom stereocenters. The van der Waals surface area contributed by atoms with Crippen LogP contribution in [0.15, 0.2) is 66.0 Å². The lowest BCUT2D eigenvalue weighted by atomic mass is 10.1.